The molecule has 5 nitrogen and oxygen atoms in total. The summed E-state index contributed by atoms with van der Waals surface area (Å²) in [7, 11) is 0. The minimum absolute atomic E-state index is 0.534. The molecule has 1 saturated heterocycles. The van der Waals surface area contributed by atoms with Gasteiger partial charge in [0.25, 0.3) is 0 Å². The van der Waals surface area contributed by atoms with Gasteiger partial charge in [0.15, 0.2) is 0 Å². The van der Waals surface area contributed by atoms with Gasteiger partial charge >= 0.3 is 0 Å². The summed E-state index contributed by atoms with van der Waals surface area (Å²) in [6.45, 7) is 1.94. The van der Waals surface area contributed by atoms with E-state index in [0.717, 1.165) is 65.6 Å². The molecule has 28 heavy (non-hydrogen) atoms. The number of carbonyl (C=O) groups excluding carboxylic acids is 1. The number of piperidine rings is 1. The molecule has 0 saturated carbocycles. The first-order valence-corrected chi connectivity index (χ1v) is 9.82. The number of fused-ring (bicyclic) bond motifs is 3. The first-order chi connectivity index (χ1) is 13.8. The fourth-order valence-corrected chi connectivity index (χ4v) is 4.20. The Balaban J connectivity index is 1.38. The molecule has 0 atom stereocenters. The van der Waals surface area contributed by atoms with Crippen LogP contribution in [0.1, 0.15) is 19.3 Å². The fourth-order valence-electron chi connectivity index (χ4n) is 4.20. The smallest absolute Gasteiger partial charge is 0.128 e. The Labute approximate surface area is 163 Å². The molecular weight excluding hydrogens is 348 g/mol. The Kier molecular flexibility index (Phi) is 4.28. The quantitative estimate of drug-likeness (QED) is 0.534. The van der Waals surface area contributed by atoms with Crippen molar-refractivity contribution in [3.8, 4) is 11.1 Å². The monoisotopic (exact) mass is 370 g/mol. The number of pyridine rings is 2. The maximum Gasteiger partial charge on any atom is 0.128 e. The predicted octanol–water partition coefficient (Wildman–Crippen LogP) is 4.58. The highest BCUT2D eigenvalue weighted by molar-refractivity contribution is 6.07. The van der Waals surface area contributed by atoms with E-state index in [1.807, 2.05) is 24.7 Å². The minimum atomic E-state index is 0.534. The number of aromatic nitrogens is 3. The van der Waals surface area contributed by atoms with Crippen LogP contribution < -0.4 is 4.90 Å². The van der Waals surface area contributed by atoms with Gasteiger partial charge in [0, 0.05) is 65.5 Å². The molecule has 4 heterocycles. The molecule has 1 N–H and O–H groups in total. The maximum atomic E-state index is 10.7. The van der Waals surface area contributed by atoms with Crippen LogP contribution in [-0.4, -0.2) is 34.3 Å². The van der Waals surface area contributed by atoms with Gasteiger partial charge in [0.05, 0.1) is 0 Å². The first kappa shape index (κ1) is 16.9. The third kappa shape index (κ3) is 3.03. The zero-order valence-corrected chi connectivity index (χ0v) is 15.6. The van der Waals surface area contributed by atoms with Crippen LogP contribution in [0.4, 0.5) is 5.82 Å². The topological polar surface area (TPSA) is 61.9 Å². The average molecular weight is 370 g/mol. The maximum absolute atomic E-state index is 10.7. The number of nitrogens with zero attached hydrogens (tertiary/aromatic N) is 3. The molecule has 140 valence electrons. The molecule has 5 rings (SSSR count). The first-order valence-electron chi connectivity index (χ1n) is 9.82. The Morgan fingerprint density at radius 3 is 2.64 bits per heavy atom. The Morgan fingerprint density at radius 2 is 1.86 bits per heavy atom. The van der Waals surface area contributed by atoms with E-state index in [9.17, 15) is 4.79 Å². The zero-order valence-electron chi connectivity index (χ0n) is 15.6. The van der Waals surface area contributed by atoms with Crippen LogP contribution in [0.5, 0.6) is 0 Å². The molecule has 0 radical (unpaired) electrons. The second-order valence-corrected chi connectivity index (χ2v) is 7.54. The summed E-state index contributed by atoms with van der Waals surface area (Å²) >= 11 is 0. The summed E-state index contributed by atoms with van der Waals surface area (Å²) in [6.07, 6.45) is 9.53. The summed E-state index contributed by atoms with van der Waals surface area (Å²) in [5.41, 5.74) is 4.48. The van der Waals surface area contributed by atoms with E-state index in [4.69, 9.17) is 4.98 Å². The van der Waals surface area contributed by atoms with Crippen molar-refractivity contribution in [1.29, 1.82) is 0 Å². The highest BCUT2D eigenvalue weighted by Crippen LogP contribution is 2.30. The molecule has 3 aromatic heterocycles. The molecule has 0 unspecified atom stereocenters. The molecule has 0 aliphatic carbocycles. The Bertz CT molecular complexity index is 1120. The van der Waals surface area contributed by atoms with E-state index < -0.39 is 0 Å². The van der Waals surface area contributed by atoms with E-state index in [2.05, 4.69) is 45.2 Å². The van der Waals surface area contributed by atoms with Crippen molar-refractivity contribution >= 4 is 33.9 Å². The molecule has 1 aromatic carbocycles. The Hall–Kier alpha value is -3.21. The molecule has 0 bridgehead atoms. The van der Waals surface area contributed by atoms with Gasteiger partial charge in [-0.2, -0.15) is 0 Å². The SMILES string of the molecule is O=CCC1CCN(c2ccc(-c3ccc4c(c3)[nH]c3ccncc34)cn2)CC1. The number of H-pyrrole nitrogens is 1. The molecule has 0 amide bonds. The number of rotatable bonds is 4. The van der Waals surface area contributed by atoms with Crippen LogP contribution in [0, 0.1) is 5.92 Å². The summed E-state index contributed by atoms with van der Waals surface area (Å²) in [6, 6.07) is 12.7. The van der Waals surface area contributed by atoms with Crippen molar-refractivity contribution in [2.24, 2.45) is 5.92 Å². The van der Waals surface area contributed by atoms with Crippen LogP contribution in [0.2, 0.25) is 0 Å². The molecule has 5 heteroatoms. The summed E-state index contributed by atoms with van der Waals surface area (Å²) < 4.78 is 0. The van der Waals surface area contributed by atoms with Crippen molar-refractivity contribution in [3.05, 3.63) is 55.0 Å². The number of hydrogen-bond acceptors (Lipinski definition) is 4. The lowest BCUT2D eigenvalue weighted by Crippen LogP contribution is -2.34. The number of aldehydes is 1. The van der Waals surface area contributed by atoms with Crippen molar-refractivity contribution in [1.82, 2.24) is 15.0 Å². The molecule has 1 aliphatic rings. The lowest BCUT2D eigenvalue weighted by Gasteiger charge is -2.32. The van der Waals surface area contributed by atoms with Crippen LogP contribution in [-0.2, 0) is 4.79 Å². The molecule has 4 aromatic rings. The Morgan fingerprint density at radius 1 is 1.00 bits per heavy atom. The summed E-state index contributed by atoms with van der Waals surface area (Å²) in [5, 5.41) is 2.34. The second-order valence-electron chi connectivity index (χ2n) is 7.54. The highest BCUT2D eigenvalue weighted by atomic mass is 16.1. The number of aromatic amines is 1. The fraction of sp³-hybridized carbons (Fsp3) is 0.261. The van der Waals surface area contributed by atoms with E-state index in [1.54, 1.807) is 0 Å². The number of carbonyl (C=O) groups is 1. The number of benzene rings is 1. The van der Waals surface area contributed by atoms with E-state index in [-0.39, 0.29) is 0 Å². The van der Waals surface area contributed by atoms with Gasteiger partial charge in [-0.15, -0.1) is 0 Å². The van der Waals surface area contributed by atoms with Gasteiger partial charge in [-0.1, -0.05) is 12.1 Å². The van der Waals surface area contributed by atoms with Crippen molar-refractivity contribution in [3.63, 3.8) is 0 Å². The third-order valence-electron chi connectivity index (χ3n) is 5.85. The van der Waals surface area contributed by atoms with E-state index in [1.165, 1.54) is 5.39 Å². The van der Waals surface area contributed by atoms with Crippen LogP contribution in [0.15, 0.2) is 55.0 Å². The summed E-state index contributed by atoms with van der Waals surface area (Å²) in [4.78, 5) is 25.4. The second kappa shape index (κ2) is 7.08. The highest BCUT2D eigenvalue weighted by Gasteiger charge is 2.19. The average Bonchev–Trinajstić information content (AvgIpc) is 3.12. The number of anilines is 1. The molecular formula is C23H22N4O. The van der Waals surface area contributed by atoms with Crippen LogP contribution >= 0.6 is 0 Å². The van der Waals surface area contributed by atoms with Gasteiger partial charge in [-0.25, -0.2) is 4.98 Å². The summed E-state index contributed by atoms with van der Waals surface area (Å²) in [5.74, 6) is 1.55. The molecule has 1 fully saturated rings. The van der Waals surface area contributed by atoms with E-state index in [0.29, 0.717) is 12.3 Å². The van der Waals surface area contributed by atoms with Crippen molar-refractivity contribution < 1.29 is 4.79 Å². The molecule has 1 aliphatic heterocycles. The largest absolute Gasteiger partial charge is 0.357 e. The number of nitrogens with one attached hydrogen (secondary N) is 1. The lowest BCUT2D eigenvalue weighted by atomic mass is 9.94. The predicted molar refractivity (Wildman–Crippen MR) is 112 cm³/mol. The minimum Gasteiger partial charge on any atom is -0.357 e. The van der Waals surface area contributed by atoms with Gasteiger partial charge in [-0.3, -0.25) is 4.98 Å². The van der Waals surface area contributed by atoms with Gasteiger partial charge in [-0.05, 0) is 48.6 Å². The third-order valence-corrected chi connectivity index (χ3v) is 5.85. The molecule has 0 spiro atoms. The van der Waals surface area contributed by atoms with Crippen LogP contribution in [0.3, 0.4) is 0 Å². The van der Waals surface area contributed by atoms with Crippen LogP contribution in [0.25, 0.3) is 32.9 Å². The van der Waals surface area contributed by atoms with Gasteiger partial charge in [0.2, 0.25) is 0 Å². The normalized spacial score (nSPS) is 15.4. The van der Waals surface area contributed by atoms with E-state index >= 15 is 0 Å². The standard InChI is InChI=1S/C23H22N4O/c28-12-8-16-6-10-27(11-7-16)23-4-2-18(14-25-23)17-1-3-19-20-15-24-9-5-21(20)26-22(19)13-17/h1-5,9,12-16,26H,6-8,10-11H2. The number of hydrogen-bond donors (Lipinski definition) is 1. The van der Waals surface area contributed by atoms with Gasteiger partial charge in [0.1, 0.15) is 12.1 Å². The van der Waals surface area contributed by atoms with Gasteiger partial charge < -0.3 is 14.7 Å². The zero-order chi connectivity index (χ0) is 18.9. The lowest BCUT2D eigenvalue weighted by molar-refractivity contribution is -0.108. The van der Waals surface area contributed by atoms with Crippen molar-refractivity contribution in [2.75, 3.05) is 18.0 Å². The van der Waals surface area contributed by atoms with Crippen molar-refractivity contribution in [2.45, 2.75) is 19.3 Å².